The number of rotatable bonds is 4. The molecule has 1 unspecified atom stereocenters. The first-order valence-electron chi connectivity index (χ1n) is 6.50. The second-order valence-electron chi connectivity index (χ2n) is 4.86. The highest BCUT2D eigenvalue weighted by molar-refractivity contribution is 7.89. The number of aromatic nitrogens is 1. The Balaban J connectivity index is 2.10. The van der Waals surface area contributed by atoms with Gasteiger partial charge < -0.3 is 5.73 Å². The van der Waals surface area contributed by atoms with Crippen molar-refractivity contribution in [3.05, 3.63) is 24.3 Å². The van der Waals surface area contributed by atoms with Crippen molar-refractivity contribution >= 4 is 10.0 Å². The average molecular weight is 302 g/mol. The molecule has 1 fully saturated rings. The molecule has 1 aromatic heterocycles. The van der Waals surface area contributed by atoms with Crippen LogP contribution in [0.1, 0.15) is 6.92 Å². The van der Waals surface area contributed by atoms with Gasteiger partial charge in [-0.1, -0.05) is 0 Å². The number of pyridine rings is 1. The Bertz CT molecular complexity index is 558. The van der Waals surface area contributed by atoms with Gasteiger partial charge >= 0.3 is 0 Å². The molecule has 0 radical (unpaired) electrons. The number of nitrogens with zero attached hydrogens (tertiary/aromatic N) is 3. The summed E-state index contributed by atoms with van der Waals surface area (Å²) in [7, 11) is -3.67. The van der Waals surface area contributed by atoms with Gasteiger partial charge in [-0.2, -0.15) is 4.31 Å². The molecule has 1 aliphatic rings. The van der Waals surface area contributed by atoms with Gasteiger partial charge in [-0.25, -0.2) is 12.8 Å². The fourth-order valence-electron chi connectivity index (χ4n) is 2.22. The summed E-state index contributed by atoms with van der Waals surface area (Å²) in [5.74, 6) is -0.651. The summed E-state index contributed by atoms with van der Waals surface area (Å²) in [6, 6.07) is 1.23. The van der Waals surface area contributed by atoms with Crippen LogP contribution in [0.4, 0.5) is 4.39 Å². The quantitative estimate of drug-likeness (QED) is 0.838. The van der Waals surface area contributed by atoms with Crippen molar-refractivity contribution in [2.75, 3.05) is 32.7 Å². The maximum atomic E-state index is 13.1. The van der Waals surface area contributed by atoms with E-state index in [2.05, 4.69) is 9.88 Å². The Labute approximate surface area is 118 Å². The molecule has 0 bridgehead atoms. The first-order valence-corrected chi connectivity index (χ1v) is 7.94. The van der Waals surface area contributed by atoms with Gasteiger partial charge in [0.2, 0.25) is 10.0 Å². The smallest absolute Gasteiger partial charge is 0.244 e. The molecule has 2 heterocycles. The molecule has 2 N–H and O–H groups in total. The van der Waals surface area contributed by atoms with Crippen LogP contribution >= 0.6 is 0 Å². The van der Waals surface area contributed by atoms with Crippen LogP contribution in [0.2, 0.25) is 0 Å². The largest absolute Gasteiger partial charge is 0.329 e. The molecule has 0 saturated carbocycles. The zero-order valence-electron chi connectivity index (χ0n) is 11.4. The van der Waals surface area contributed by atoms with E-state index >= 15 is 0 Å². The highest BCUT2D eigenvalue weighted by Gasteiger charge is 2.30. The van der Waals surface area contributed by atoms with Crippen LogP contribution in [-0.4, -0.2) is 61.4 Å². The topological polar surface area (TPSA) is 79.5 Å². The fraction of sp³-hybridized carbons (Fsp3) is 0.583. The van der Waals surface area contributed by atoms with Gasteiger partial charge in [0.15, 0.2) is 0 Å². The van der Waals surface area contributed by atoms with Crippen LogP contribution in [0, 0.1) is 5.82 Å². The van der Waals surface area contributed by atoms with E-state index in [1.165, 1.54) is 10.5 Å². The normalized spacial score (nSPS) is 19.9. The molecular weight excluding hydrogens is 283 g/mol. The SMILES string of the molecule is CC(CN)N1CCN(S(=O)(=O)c2cncc(F)c2)CC1. The van der Waals surface area contributed by atoms with E-state index in [-0.39, 0.29) is 10.9 Å². The number of sulfonamides is 1. The zero-order chi connectivity index (χ0) is 14.8. The van der Waals surface area contributed by atoms with Gasteiger partial charge in [-0.15, -0.1) is 0 Å². The van der Waals surface area contributed by atoms with Crippen molar-refractivity contribution in [2.24, 2.45) is 5.73 Å². The highest BCUT2D eigenvalue weighted by Crippen LogP contribution is 2.18. The first-order chi connectivity index (χ1) is 9.45. The molecule has 1 saturated heterocycles. The molecule has 6 nitrogen and oxygen atoms in total. The lowest BCUT2D eigenvalue weighted by molar-refractivity contribution is 0.149. The second-order valence-corrected chi connectivity index (χ2v) is 6.80. The van der Waals surface area contributed by atoms with Crippen LogP contribution in [0.15, 0.2) is 23.4 Å². The summed E-state index contributed by atoms with van der Waals surface area (Å²) in [6.45, 7) is 4.56. The number of nitrogens with two attached hydrogens (primary N) is 1. The molecule has 1 aliphatic heterocycles. The lowest BCUT2D eigenvalue weighted by Gasteiger charge is -2.36. The van der Waals surface area contributed by atoms with E-state index in [4.69, 9.17) is 5.73 Å². The highest BCUT2D eigenvalue weighted by atomic mass is 32.2. The molecule has 8 heteroatoms. The maximum absolute atomic E-state index is 13.1. The van der Waals surface area contributed by atoms with Crippen LogP contribution in [0.25, 0.3) is 0 Å². The van der Waals surface area contributed by atoms with Gasteiger partial charge in [0.1, 0.15) is 10.7 Å². The van der Waals surface area contributed by atoms with Crippen molar-refractivity contribution in [2.45, 2.75) is 17.9 Å². The summed E-state index contributed by atoms with van der Waals surface area (Å²) in [4.78, 5) is 5.64. The number of piperazine rings is 1. The molecule has 0 amide bonds. The van der Waals surface area contributed by atoms with Gasteiger partial charge in [0.05, 0.1) is 6.20 Å². The number of hydrogen-bond donors (Lipinski definition) is 1. The summed E-state index contributed by atoms with van der Waals surface area (Å²) >= 11 is 0. The van der Waals surface area contributed by atoms with Crippen molar-refractivity contribution < 1.29 is 12.8 Å². The van der Waals surface area contributed by atoms with E-state index in [0.717, 1.165) is 12.3 Å². The zero-order valence-corrected chi connectivity index (χ0v) is 12.2. The lowest BCUT2D eigenvalue weighted by Crippen LogP contribution is -2.52. The van der Waals surface area contributed by atoms with Crippen LogP contribution < -0.4 is 5.73 Å². The summed E-state index contributed by atoms with van der Waals surface area (Å²) < 4.78 is 39.2. The number of hydrogen-bond acceptors (Lipinski definition) is 5. The van der Waals surface area contributed by atoms with Gasteiger partial charge in [0.25, 0.3) is 0 Å². The van der Waals surface area contributed by atoms with Crippen molar-refractivity contribution in [3.63, 3.8) is 0 Å². The van der Waals surface area contributed by atoms with Crippen LogP contribution in [0.3, 0.4) is 0 Å². The van der Waals surface area contributed by atoms with Gasteiger partial charge in [-0.3, -0.25) is 9.88 Å². The Morgan fingerprint density at radius 2 is 2.00 bits per heavy atom. The van der Waals surface area contributed by atoms with Crippen LogP contribution in [0.5, 0.6) is 0 Å². The average Bonchev–Trinajstić information content (AvgIpc) is 2.46. The van der Waals surface area contributed by atoms with E-state index in [9.17, 15) is 12.8 Å². The fourth-order valence-corrected chi connectivity index (χ4v) is 3.61. The van der Waals surface area contributed by atoms with Crippen molar-refractivity contribution in [1.82, 2.24) is 14.2 Å². The molecule has 0 aromatic carbocycles. The molecule has 1 aromatic rings. The molecule has 0 aliphatic carbocycles. The Kier molecular flexibility index (Phi) is 4.69. The molecule has 20 heavy (non-hydrogen) atoms. The third-order valence-electron chi connectivity index (χ3n) is 3.56. The Morgan fingerprint density at radius 3 is 2.55 bits per heavy atom. The lowest BCUT2D eigenvalue weighted by atomic mass is 10.2. The standard InChI is InChI=1S/C12H19FN4O2S/c1-10(7-14)16-2-4-17(5-3-16)20(18,19)12-6-11(13)8-15-9-12/h6,8-10H,2-5,7,14H2,1H3. The van der Waals surface area contributed by atoms with E-state index < -0.39 is 15.8 Å². The van der Waals surface area contributed by atoms with Crippen molar-refractivity contribution in [3.8, 4) is 0 Å². The monoisotopic (exact) mass is 302 g/mol. The first kappa shape index (κ1) is 15.3. The van der Waals surface area contributed by atoms with E-state index in [1.54, 1.807) is 0 Å². The maximum Gasteiger partial charge on any atom is 0.244 e. The minimum atomic E-state index is -3.67. The summed E-state index contributed by atoms with van der Waals surface area (Å²) in [5.41, 5.74) is 5.61. The van der Waals surface area contributed by atoms with Gasteiger partial charge in [-0.05, 0) is 13.0 Å². The molecule has 112 valence electrons. The molecular formula is C12H19FN4O2S. The van der Waals surface area contributed by atoms with Crippen molar-refractivity contribution in [1.29, 1.82) is 0 Å². The second kappa shape index (κ2) is 6.13. The predicted octanol–water partition coefficient (Wildman–Crippen LogP) is -0.126. The van der Waals surface area contributed by atoms with Crippen LogP contribution in [-0.2, 0) is 10.0 Å². The number of halogens is 1. The summed E-state index contributed by atoms with van der Waals surface area (Å²) in [6.07, 6.45) is 2.16. The van der Waals surface area contributed by atoms with Gasteiger partial charge in [0, 0.05) is 45.0 Å². The Hall–Kier alpha value is -1.09. The molecule has 2 rings (SSSR count). The van der Waals surface area contributed by atoms with E-state index in [0.29, 0.717) is 32.7 Å². The third-order valence-corrected chi connectivity index (χ3v) is 5.42. The van der Waals surface area contributed by atoms with E-state index in [1.807, 2.05) is 6.92 Å². The third kappa shape index (κ3) is 3.14. The molecule has 1 atom stereocenters. The molecule has 0 spiro atoms. The minimum absolute atomic E-state index is 0.0992. The predicted molar refractivity (Wildman–Crippen MR) is 73.0 cm³/mol. The Morgan fingerprint density at radius 1 is 1.35 bits per heavy atom. The minimum Gasteiger partial charge on any atom is -0.329 e. The summed E-state index contributed by atoms with van der Waals surface area (Å²) in [5, 5.41) is 0.